The molecule has 1 fully saturated rings. The Morgan fingerprint density at radius 1 is 1.42 bits per heavy atom. The second-order valence-electron chi connectivity index (χ2n) is 5.92. The lowest BCUT2D eigenvalue weighted by Gasteiger charge is -2.24. The smallest absolute Gasteiger partial charge is 0.191 e. The highest BCUT2D eigenvalue weighted by Gasteiger charge is 2.29. The number of phenolic OH excluding ortho intramolecular Hbond substituents is 1. The Morgan fingerprint density at radius 3 is 2.83 bits per heavy atom. The van der Waals surface area contributed by atoms with Crippen LogP contribution in [0.25, 0.3) is 0 Å². The molecule has 0 aromatic heterocycles. The zero-order valence-electron chi connectivity index (χ0n) is 14.6. The topological polar surface area (TPSA) is 75.1 Å². The summed E-state index contributed by atoms with van der Waals surface area (Å²) in [4.78, 5) is 4.54. The molecule has 1 aliphatic rings. The molecule has 0 bridgehead atoms. The third-order valence-electron chi connectivity index (χ3n) is 3.98. The van der Waals surface area contributed by atoms with Gasteiger partial charge in [0, 0.05) is 25.3 Å². The number of aromatic hydroxyl groups is 1. The van der Waals surface area contributed by atoms with E-state index in [1.54, 1.807) is 6.07 Å². The normalized spacial score (nSPS) is 20.4. The molecular formula is C17H28IN3O3. The number of aliphatic imine (C=N–C) groups is 1. The van der Waals surface area contributed by atoms with Crippen molar-refractivity contribution in [2.75, 3.05) is 26.8 Å². The van der Waals surface area contributed by atoms with Gasteiger partial charge in [0.15, 0.2) is 17.5 Å². The maximum atomic E-state index is 10.1. The summed E-state index contributed by atoms with van der Waals surface area (Å²) in [5.74, 6) is 1.31. The molecule has 2 rings (SSSR count). The van der Waals surface area contributed by atoms with Gasteiger partial charge in [0.1, 0.15) is 0 Å². The lowest BCUT2D eigenvalue weighted by Crippen LogP contribution is -2.45. The average Bonchev–Trinajstić information content (AvgIpc) is 2.98. The molecule has 1 atom stereocenters. The molecule has 7 heteroatoms. The fourth-order valence-electron chi connectivity index (χ4n) is 2.61. The van der Waals surface area contributed by atoms with Gasteiger partial charge in [-0.3, -0.25) is 0 Å². The summed E-state index contributed by atoms with van der Waals surface area (Å²) in [7, 11) is 1.54. The average molecular weight is 449 g/mol. The summed E-state index contributed by atoms with van der Waals surface area (Å²) in [5, 5.41) is 16.7. The van der Waals surface area contributed by atoms with Crippen molar-refractivity contribution in [3.8, 4) is 11.5 Å². The fourth-order valence-corrected chi connectivity index (χ4v) is 2.61. The molecule has 1 aromatic rings. The highest BCUT2D eigenvalue weighted by molar-refractivity contribution is 14.0. The number of para-hydroxylation sites is 1. The summed E-state index contributed by atoms with van der Waals surface area (Å²) in [6.45, 7) is 6.81. The van der Waals surface area contributed by atoms with Gasteiger partial charge < -0.3 is 25.2 Å². The van der Waals surface area contributed by atoms with Crippen molar-refractivity contribution in [1.29, 1.82) is 0 Å². The van der Waals surface area contributed by atoms with Gasteiger partial charge in [-0.2, -0.15) is 0 Å². The molecule has 24 heavy (non-hydrogen) atoms. The molecule has 0 spiro atoms. The van der Waals surface area contributed by atoms with Crippen molar-refractivity contribution in [2.24, 2.45) is 4.99 Å². The van der Waals surface area contributed by atoms with Crippen molar-refractivity contribution in [3.63, 3.8) is 0 Å². The molecule has 1 saturated heterocycles. The highest BCUT2D eigenvalue weighted by atomic mass is 127. The van der Waals surface area contributed by atoms with Gasteiger partial charge in [-0.1, -0.05) is 12.1 Å². The largest absolute Gasteiger partial charge is 0.504 e. The third-order valence-corrected chi connectivity index (χ3v) is 3.98. The number of ether oxygens (including phenoxy) is 2. The Morgan fingerprint density at radius 2 is 2.21 bits per heavy atom. The van der Waals surface area contributed by atoms with Gasteiger partial charge in [-0.15, -0.1) is 24.0 Å². The first kappa shape index (κ1) is 20.8. The van der Waals surface area contributed by atoms with Gasteiger partial charge in [-0.25, -0.2) is 4.99 Å². The predicted octanol–water partition coefficient (Wildman–Crippen LogP) is 2.64. The second kappa shape index (κ2) is 9.93. The van der Waals surface area contributed by atoms with E-state index in [-0.39, 0.29) is 35.3 Å². The van der Waals surface area contributed by atoms with Crippen LogP contribution in [0.4, 0.5) is 0 Å². The summed E-state index contributed by atoms with van der Waals surface area (Å²) in [6.07, 6.45) is 2.15. The van der Waals surface area contributed by atoms with Crippen LogP contribution in [0.15, 0.2) is 23.2 Å². The molecule has 6 nitrogen and oxygen atoms in total. The fraction of sp³-hybridized carbons (Fsp3) is 0.588. The molecule has 1 unspecified atom stereocenters. The molecule has 136 valence electrons. The van der Waals surface area contributed by atoms with Crippen LogP contribution in [0.2, 0.25) is 0 Å². The number of halogens is 1. The first-order valence-electron chi connectivity index (χ1n) is 8.09. The summed E-state index contributed by atoms with van der Waals surface area (Å²) in [6, 6.07) is 5.41. The summed E-state index contributed by atoms with van der Waals surface area (Å²) < 4.78 is 10.9. The van der Waals surface area contributed by atoms with Crippen LogP contribution < -0.4 is 15.4 Å². The maximum Gasteiger partial charge on any atom is 0.191 e. The number of nitrogens with zero attached hydrogens (tertiary/aromatic N) is 1. The Hall–Kier alpha value is -1.22. The van der Waals surface area contributed by atoms with Crippen LogP contribution in [-0.4, -0.2) is 43.5 Å². The predicted molar refractivity (Wildman–Crippen MR) is 106 cm³/mol. The van der Waals surface area contributed by atoms with Crippen molar-refractivity contribution >= 4 is 29.9 Å². The van der Waals surface area contributed by atoms with Crippen molar-refractivity contribution in [1.82, 2.24) is 10.6 Å². The van der Waals surface area contributed by atoms with Gasteiger partial charge in [0.05, 0.1) is 19.3 Å². The van der Waals surface area contributed by atoms with E-state index >= 15 is 0 Å². The molecule has 3 N–H and O–H groups in total. The van der Waals surface area contributed by atoms with E-state index in [4.69, 9.17) is 9.47 Å². The van der Waals surface area contributed by atoms with Gasteiger partial charge in [-0.05, 0) is 32.8 Å². The molecule has 1 aliphatic heterocycles. The monoisotopic (exact) mass is 449 g/mol. The molecule has 0 saturated carbocycles. The lowest BCUT2D eigenvalue weighted by molar-refractivity contribution is 0.0243. The standard InChI is InChI=1S/C17H27N3O3.HI/c1-4-18-16(20-12-17(2)9-6-10-23-17)19-11-13-7-5-8-14(22-3)15(13)21;/h5,7-8,21H,4,6,9-12H2,1-3H3,(H2,18,19,20);1H. The third kappa shape index (κ3) is 5.70. The van der Waals surface area contributed by atoms with E-state index in [1.807, 2.05) is 19.1 Å². The van der Waals surface area contributed by atoms with E-state index in [0.717, 1.165) is 31.6 Å². The van der Waals surface area contributed by atoms with E-state index in [0.29, 0.717) is 24.8 Å². The summed E-state index contributed by atoms with van der Waals surface area (Å²) in [5.41, 5.74) is 0.596. The molecule has 1 aromatic carbocycles. The number of nitrogens with one attached hydrogen (secondary N) is 2. The molecule has 1 heterocycles. The van der Waals surface area contributed by atoms with Crippen LogP contribution in [0.1, 0.15) is 32.3 Å². The number of phenols is 1. The lowest BCUT2D eigenvalue weighted by atomic mass is 10.0. The number of methoxy groups -OCH3 is 1. The van der Waals surface area contributed by atoms with Crippen molar-refractivity contribution in [3.05, 3.63) is 23.8 Å². The van der Waals surface area contributed by atoms with Crippen LogP contribution in [-0.2, 0) is 11.3 Å². The van der Waals surface area contributed by atoms with Crippen LogP contribution in [0, 0.1) is 0 Å². The van der Waals surface area contributed by atoms with Gasteiger partial charge >= 0.3 is 0 Å². The van der Waals surface area contributed by atoms with E-state index in [1.165, 1.54) is 7.11 Å². The number of benzene rings is 1. The SMILES string of the molecule is CCNC(=NCc1cccc(OC)c1O)NCC1(C)CCCO1.I. The second-order valence-corrected chi connectivity index (χ2v) is 5.92. The molecular weight excluding hydrogens is 421 g/mol. The number of hydrogen-bond acceptors (Lipinski definition) is 4. The zero-order valence-corrected chi connectivity index (χ0v) is 16.9. The van der Waals surface area contributed by atoms with E-state index in [2.05, 4.69) is 22.5 Å². The molecule has 0 amide bonds. The van der Waals surface area contributed by atoms with Crippen molar-refractivity contribution in [2.45, 2.75) is 38.8 Å². The summed E-state index contributed by atoms with van der Waals surface area (Å²) >= 11 is 0. The van der Waals surface area contributed by atoms with Gasteiger partial charge in [0.2, 0.25) is 0 Å². The van der Waals surface area contributed by atoms with Crippen LogP contribution in [0.3, 0.4) is 0 Å². The number of rotatable bonds is 6. The first-order valence-corrected chi connectivity index (χ1v) is 8.09. The molecule has 0 aliphatic carbocycles. The Bertz CT molecular complexity index is 546. The highest BCUT2D eigenvalue weighted by Crippen LogP contribution is 2.29. The quantitative estimate of drug-likeness (QED) is 0.354. The number of guanidine groups is 1. The minimum Gasteiger partial charge on any atom is -0.504 e. The Balaban J connectivity index is 0.00000288. The zero-order chi connectivity index (χ0) is 16.7. The van der Waals surface area contributed by atoms with E-state index in [9.17, 15) is 5.11 Å². The van der Waals surface area contributed by atoms with Crippen LogP contribution >= 0.6 is 24.0 Å². The molecule has 0 radical (unpaired) electrons. The Kier molecular flexibility index (Phi) is 8.61. The first-order chi connectivity index (χ1) is 11.1. The minimum atomic E-state index is -0.131. The van der Waals surface area contributed by atoms with Gasteiger partial charge in [0.25, 0.3) is 0 Å². The van der Waals surface area contributed by atoms with Crippen LogP contribution in [0.5, 0.6) is 11.5 Å². The number of hydrogen-bond donors (Lipinski definition) is 3. The minimum absolute atomic E-state index is 0. The van der Waals surface area contributed by atoms with E-state index < -0.39 is 0 Å². The Labute approximate surface area is 161 Å². The maximum absolute atomic E-state index is 10.1. The van der Waals surface area contributed by atoms with Crippen molar-refractivity contribution < 1.29 is 14.6 Å².